The van der Waals surface area contributed by atoms with Gasteiger partial charge in [0.15, 0.2) is 5.78 Å². The molecule has 6 nitrogen and oxygen atoms in total. The van der Waals surface area contributed by atoms with Gasteiger partial charge in [-0.25, -0.2) is 0 Å². The smallest absolute Gasteiger partial charge is 0.220 e. The Labute approximate surface area is 158 Å². The topological polar surface area (TPSA) is 66.4 Å². The molecule has 2 aromatic rings. The van der Waals surface area contributed by atoms with E-state index in [0.717, 1.165) is 41.9 Å². The highest BCUT2D eigenvalue weighted by Gasteiger charge is 2.44. The third kappa shape index (κ3) is 2.22. The van der Waals surface area contributed by atoms with E-state index in [2.05, 4.69) is 59.2 Å². The van der Waals surface area contributed by atoms with Gasteiger partial charge in [0, 0.05) is 37.4 Å². The molecule has 5 rings (SSSR count). The normalized spacial score (nSPS) is 27.4. The molecule has 6 heteroatoms. The second kappa shape index (κ2) is 5.83. The summed E-state index contributed by atoms with van der Waals surface area (Å²) in [5.41, 5.74) is 3.11. The van der Waals surface area contributed by atoms with E-state index in [1.807, 2.05) is 0 Å². The highest BCUT2D eigenvalue weighted by Crippen LogP contribution is 2.46. The maximum atomic E-state index is 13.6. The number of piperidine rings is 1. The summed E-state index contributed by atoms with van der Waals surface area (Å²) in [6.45, 7) is 6.11. The molecule has 0 spiro atoms. The first kappa shape index (κ1) is 16.8. The van der Waals surface area contributed by atoms with Gasteiger partial charge in [-0.3, -0.25) is 14.9 Å². The van der Waals surface area contributed by atoms with E-state index in [1.165, 1.54) is 5.56 Å². The monoisotopic (exact) mass is 366 g/mol. The Morgan fingerprint density at radius 2 is 2.04 bits per heavy atom. The summed E-state index contributed by atoms with van der Waals surface area (Å²) in [5, 5.41) is 7.54. The first-order valence-electron chi connectivity index (χ1n) is 9.91. The first-order chi connectivity index (χ1) is 13.0. The molecule has 3 heterocycles. The van der Waals surface area contributed by atoms with E-state index in [9.17, 15) is 9.59 Å². The van der Waals surface area contributed by atoms with Crippen molar-refractivity contribution in [3.05, 3.63) is 29.3 Å². The van der Waals surface area contributed by atoms with Gasteiger partial charge in [-0.05, 0) is 24.0 Å². The van der Waals surface area contributed by atoms with Crippen LogP contribution < -0.4 is 15.5 Å². The van der Waals surface area contributed by atoms with Gasteiger partial charge >= 0.3 is 0 Å². The van der Waals surface area contributed by atoms with Crippen molar-refractivity contribution in [2.75, 3.05) is 18.1 Å². The van der Waals surface area contributed by atoms with Crippen LogP contribution in [0, 0.1) is 5.92 Å². The zero-order chi connectivity index (χ0) is 18.9. The van der Waals surface area contributed by atoms with Crippen LogP contribution in [0.25, 0.3) is 10.9 Å². The lowest BCUT2D eigenvalue weighted by Crippen LogP contribution is -2.50. The number of carbonyl (C=O) groups excluding carboxylic acids is 2. The van der Waals surface area contributed by atoms with Crippen molar-refractivity contribution >= 4 is 28.4 Å². The van der Waals surface area contributed by atoms with E-state index in [-0.39, 0.29) is 17.6 Å². The molecular formula is C21H26N4O2. The Morgan fingerprint density at radius 1 is 1.22 bits per heavy atom. The zero-order valence-corrected chi connectivity index (χ0v) is 16.1. The van der Waals surface area contributed by atoms with Crippen molar-refractivity contribution < 1.29 is 9.59 Å². The summed E-state index contributed by atoms with van der Waals surface area (Å²) >= 11 is 0. The van der Waals surface area contributed by atoms with Gasteiger partial charge in [-0.2, -0.15) is 0 Å². The number of hydrogen-bond acceptors (Lipinski definition) is 4. The number of benzene rings is 1. The van der Waals surface area contributed by atoms with Crippen LogP contribution in [0.2, 0.25) is 0 Å². The molecule has 1 aliphatic carbocycles. The van der Waals surface area contributed by atoms with Crippen molar-refractivity contribution in [3.63, 3.8) is 0 Å². The van der Waals surface area contributed by atoms with E-state index >= 15 is 0 Å². The quantitative estimate of drug-likeness (QED) is 0.855. The SMILES string of the molecule is CC(C)C1CNCN1c1c2c3c(cccc3n1C)C1CCC(=O)N[C@@H]1C2=O. The molecule has 2 unspecified atom stereocenters. The number of fused-ring (bicyclic) bond motifs is 2. The molecule has 2 aliphatic heterocycles. The predicted octanol–water partition coefficient (Wildman–Crippen LogP) is 2.13. The van der Waals surface area contributed by atoms with Crippen LogP contribution in [0.5, 0.6) is 0 Å². The van der Waals surface area contributed by atoms with Crippen LogP contribution in [-0.4, -0.2) is 41.6 Å². The third-order valence-corrected chi connectivity index (χ3v) is 6.63. The number of rotatable bonds is 2. The molecule has 27 heavy (non-hydrogen) atoms. The number of anilines is 1. The van der Waals surface area contributed by atoms with E-state index in [4.69, 9.17) is 0 Å². The average Bonchev–Trinajstić information content (AvgIpc) is 3.23. The van der Waals surface area contributed by atoms with E-state index < -0.39 is 6.04 Å². The van der Waals surface area contributed by atoms with Crippen LogP contribution in [0.3, 0.4) is 0 Å². The second-order valence-electron chi connectivity index (χ2n) is 8.45. The van der Waals surface area contributed by atoms with Crippen LogP contribution in [0.1, 0.15) is 48.5 Å². The molecule has 1 amide bonds. The molecule has 0 bridgehead atoms. The molecule has 2 fully saturated rings. The fourth-order valence-corrected chi connectivity index (χ4v) is 5.31. The van der Waals surface area contributed by atoms with Crippen molar-refractivity contribution in [2.24, 2.45) is 13.0 Å². The molecule has 3 atom stereocenters. The summed E-state index contributed by atoms with van der Waals surface area (Å²) in [5.74, 6) is 1.61. The minimum absolute atomic E-state index is 0.0133. The lowest BCUT2D eigenvalue weighted by molar-refractivity contribution is -0.123. The van der Waals surface area contributed by atoms with Crippen LogP contribution in [0.15, 0.2) is 18.2 Å². The summed E-state index contributed by atoms with van der Waals surface area (Å²) in [6.07, 6.45) is 1.23. The standard InChI is InChI=1S/C21H26N4O2/c1-11(2)15-9-22-10-25(15)21-18-17-12(5-4-6-14(17)24(21)3)13-7-8-16(26)23-19(13)20(18)27/h4-6,11,13,15,19,22H,7-10H2,1-3H3,(H,23,26)/t13?,15?,19-/m0/s1. The first-order valence-corrected chi connectivity index (χ1v) is 9.91. The largest absolute Gasteiger partial charge is 0.345 e. The van der Waals surface area contributed by atoms with Gasteiger partial charge in [0.2, 0.25) is 5.91 Å². The van der Waals surface area contributed by atoms with E-state index in [0.29, 0.717) is 18.4 Å². The summed E-state index contributed by atoms with van der Waals surface area (Å²) < 4.78 is 2.17. The average molecular weight is 366 g/mol. The molecule has 2 N–H and O–H groups in total. The minimum atomic E-state index is -0.432. The number of ketones is 1. The zero-order valence-electron chi connectivity index (χ0n) is 16.1. The number of hydrogen-bond donors (Lipinski definition) is 2. The van der Waals surface area contributed by atoms with Gasteiger partial charge in [-0.1, -0.05) is 26.0 Å². The maximum Gasteiger partial charge on any atom is 0.220 e. The van der Waals surface area contributed by atoms with Crippen molar-refractivity contribution in [2.45, 2.75) is 44.7 Å². The van der Waals surface area contributed by atoms with Crippen LogP contribution in [0.4, 0.5) is 5.82 Å². The van der Waals surface area contributed by atoms with Gasteiger partial charge in [-0.15, -0.1) is 0 Å². The fraction of sp³-hybridized carbons (Fsp3) is 0.524. The highest BCUT2D eigenvalue weighted by atomic mass is 16.2. The van der Waals surface area contributed by atoms with Gasteiger partial charge < -0.3 is 14.8 Å². The molecule has 2 saturated heterocycles. The highest BCUT2D eigenvalue weighted by molar-refractivity contribution is 6.19. The number of carbonyl (C=O) groups is 2. The Morgan fingerprint density at radius 3 is 2.81 bits per heavy atom. The van der Waals surface area contributed by atoms with Crippen molar-refractivity contribution in [3.8, 4) is 0 Å². The Hall–Kier alpha value is -2.34. The van der Waals surface area contributed by atoms with Gasteiger partial charge in [0.25, 0.3) is 0 Å². The fourth-order valence-electron chi connectivity index (χ4n) is 5.31. The summed E-state index contributed by atoms with van der Waals surface area (Å²) in [4.78, 5) is 27.9. The Balaban J connectivity index is 1.76. The number of aryl methyl sites for hydroxylation is 1. The second-order valence-corrected chi connectivity index (χ2v) is 8.45. The summed E-state index contributed by atoms with van der Waals surface area (Å²) in [6, 6.07) is 6.24. The molecule has 0 radical (unpaired) electrons. The van der Waals surface area contributed by atoms with E-state index in [1.54, 1.807) is 0 Å². The van der Waals surface area contributed by atoms with Crippen molar-refractivity contribution in [1.82, 2.24) is 15.2 Å². The van der Waals surface area contributed by atoms with Crippen LogP contribution in [-0.2, 0) is 11.8 Å². The number of nitrogens with one attached hydrogen (secondary N) is 2. The minimum Gasteiger partial charge on any atom is -0.345 e. The Bertz CT molecular complexity index is 961. The van der Waals surface area contributed by atoms with Gasteiger partial charge in [0.05, 0.1) is 23.8 Å². The molecule has 3 aliphatic rings. The predicted molar refractivity (Wildman–Crippen MR) is 105 cm³/mol. The lowest BCUT2D eigenvalue weighted by Gasteiger charge is -2.36. The number of nitrogens with zero attached hydrogens (tertiary/aromatic N) is 2. The molecule has 142 valence electrons. The lowest BCUT2D eigenvalue weighted by atomic mass is 9.75. The Kier molecular flexibility index (Phi) is 3.63. The van der Waals surface area contributed by atoms with Gasteiger partial charge in [0.1, 0.15) is 5.82 Å². The molecule has 1 aromatic carbocycles. The third-order valence-electron chi connectivity index (χ3n) is 6.63. The number of amides is 1. The van der Waals surface area contributed by atoms with Crippen LogP contribution >= 0.6 is 0 Å². The maximum absolute atomic E-state index is 13.6. The summed E-state index contributed by atoms with van der Waals surface area (Å²) in [7, 11) is 2.06. The number of aromatic nitrogens is 1. The molecular weight excluding hydrogens is 340 g/mol. The van der Waals surface area contributed by atoms with Crippen molar-refractivity contribution in [1.29, 1.82) is 0 Å². The number of Topliss-reactive ketones (excluding diaryl/α,β-unsaturated/α-hetero) is 1. The molecule has 1 aromatic heterocycles. The molecule has 0 saturated carbocycles.